The fourth-order valence-electron chi connectivity index (χ4n) is 4.34. The number of aryl methyl sites for hydroxylation is 2. The van der Waals surface area contributed by atoms with Crippen molar-refractivity contribution in [2.24, 2.45) is 0 Å². The first kappa shape index (κ1) is 22.8. The number of ether oxygens (including phenoxy) is 1. The summed E-state index contributed by atoms with van der Waals surface area (Å²) in [6, 6.07) is 14.0. The molecule has 4 rings (SSSR count). The second kappa shape index (κ2) is 10.0. The fourth-order valence-corrected chi connectivity index (χ4v) is 4.34. The van der Waals surface area contributed by atoms with E-state index in [1.807, 2.05) is 73.2 Å². The monoisotopic (exact) mass is 445 g/mol. The summed E-state index contributed by atoms with van der Waals surface area (Å²) in [5.41, 5.74) is 5.78. The number of piperidine rings is 1. The molecule has 1 saturated heterocycles. The predicted octanol–water partition coefficient (Wildman–Crippen LogP) is 4.11. The quantitative estimate of drug-likeness (QED) is 0.556. The molecular formula is C27H31N3O3. The number of carbonyl (C=O) groups is 1. The van der Waals surface area contributed by atoms with Crippen molar-refractivity contribution in [3.63, 3.8) is 0 Å². The number of methoxy groups -OCH3 is 1. The molecule has 33 heavy (non-hydrogen) atoms. The Morgan fingerprint density at radius 1 is 1.21 bits per heavy atom. The first-order valence-corrected chi connectivity index (χ1v) is 11.4. The first-order chi connectivity index (χ1) is 15.9. The van der Waals surface area contributed by atoms with Crippen LogP contribution in [-0.2, 0) is 11.2 Å². The molecule has 1 aliphatic rings. The maximum Gasteiger partial charge on any atom is 0.249 e. The van der Waals surface area contributed by atoms with Crippen LogP contribution in [0.5, 0.6) is 5.75 Å². The molecule has 1 fully saturated rings. The summed E-state index contributed by atoms with van der Waals surface area (Å²) < 4.78 is 7.52. The average molecular weight is 446 g/mol. The lowest BCUT2D eigenvalue weighted by atomic mass is 9.98. The molecule has 6 heteroatoms. The molecule has 3 aromatic rings. The van der Waals surface area contributed by atoms with E-state index >= 15 is 0 Å². The Morgan fingerprint density at radius 2 is 2.03 bits per heavy atom. The van der Waals surface area contributed by atoms with Crippen LogP contribution in [0.3, 0.4) is 0 Å². The zero-order chi connectivity index (χ0) is 23.4. The van der Waals surface area contributed by atoms with Gasteiger partial charge in [-0.25, -0.2) is 4.98 Å². The van der Waals surface area contributed by atoms with Crippen LogP contribution < -0.4 is 4.74 Å². The number of hydrogen-bond acceptors (Lipinski definition) is 4. The molecule has 1 N–H and O–H groups in total. The Labute approximate surface area is 195 Å². The molecule has 0 unspecified atom stereocenters. The lowest BCUT2D eigenvalue weighted by molar-refractivity contribution is -0.130. The highest BCUT2D eigenvalue weighted by molar-refractivity contribution is 5.98. The van der Waals surface area contributed by atoms with Crippen molar-refractivity contribution in [2.75, 3.05) is 20.2 Å². The van der Waals surface area contributed by atoms with Gasteiger partial charge in [0.15, 0.2) is 0 Å². The van der Waals surface area contributed by atoms with Crippen LogP contribution >= 0.6 is 0 Å². The van der Waals surface area contributed by atoms with E-state index in [-0.39, 0.29) is 5.91 Å². The van der Waals surface area contributed by atoms with Crippen molar-refractivity contribution in [3.05, 3.63) is 82.9 Å². The lowest BCUT2D eigenvalue weighted by Gasteiger charge is -2.30. The molecule has 6 nitrogen and oxygen atoms in total. The van der Waals surface area contributed by atoms with E-state index in [0.29, 0.717) is 19.5 Å². The number of carbonyl (C=O) groups excluding carboxylic acids is 1. The third-order valence-corrected chi connectivity index (χ3v) is 6.12. The molecule has 0 spiro atoms. The van der Waals surface area contributed by atoms with Crippen molar-refractivity contribution >= 4 is 12.0 Å². The largest absolute Gasteiger partial charge is 0.495 e. The maximum atomic E-state index is 13.1. The van der Waals surface area contributed by atoms with Gasteiger partial charge in [-0.1, -0.05) is 30.3 Å². The standard InChI is InChI=1S/C27H31N3O3/c1-19-7-4-5-8-22(19)15-24(31)17-29-12-6-9-23(27(29)32)13-21-10-11-25(26(14-21)33-3)30-16-20(2)28-18-30/h4-5,7-8,10-11,13-14,16,18,24,31H,6,9,12,15,17H2,1-3H3/b23-13+/t24-/m0/s1. The fraction of sp³-hybridized carbons (Fsp3) is 0.333. The van der Waals surface area contributed by atoms with Crippen LogP contribution in [-0.4, -0.2) is 51.8 Å². The van der Waals surface area contributed by atoms with E-state index in [0.717, 1.165) is 52.2 Å². The van der Waals surface area contributed by atoms with E-state index in [4.69, 9.17) is 4.74 Å². The Kier molecular flexibility index (Phi) is 6.94. The third kappa shape index (κ3) is 5.34. The molecular weight excluding hydrogens is 414 g/mol. The van der Waals surface area contributed by atoms with E-state index in [9.17, 15) is 9.90 Å². The van der Waals surface area contributed by atoms with Gasteiger partial charge in [0.25, 0.3) is 0 Å². The van der Waals surface area contributed by atoms with Gasteiger partial charge >= 0.3 is 0 Å². The van der Waals surface area contributed by atoms with Crippen molar-refractivity contribution in [1.29, 1.82) is 0 Å². The Hall–Kier alpha value is -3.38. The maximum absolute atomic E-state index is 13.1. The van der Waals surface area contributed by atoms with Gasteiger partial charge in [0.1, 0.15) is 5.75 Å². The molecule has 1 atom stereocenters. The molecule has 1 amide bonds. The van der Waals surface area contributed by atoms with E-state index in [1.54, 1.807) is 18.3 Å². The zero-order valence-electron chi connectivity index (χ0n) is 19.5. The highest BCUT2D eigenvalue weighted by atomic mass is 16.5. The second-order valence-electron chi connectivity index (χ2n) is 8.66. The minimum Gasteiger partial charge on any atom is -0.495 e. The number of imidazole rings is 1. The highest BCUT2D eigenvalue weighted by Crippen LogP contribution is 2.27. The van der Waals surface area contributed by atoms with Gasteiger partial charge in [-0.05, 0) is 61.6 Å². The van der Waals surface area contributed by atoms with Crippen molar-refractivity contribution in [3.8, 4) is 11.4 Å². The number of benzene rings is 2. The summed E-state index contributed by atoms with van der Waals surface area (Å²) in [5.74, 6) is 0.717. The first-order valence-electron chi connectivity index (χ1n) is 11.4. The van der Waals surface area contributed by atoms with Gasteiger partial charge in [-0.2, -0.15) is 0 Å². The Balaban J connectivity index is 1.48. The zero-order valence-corrected chi connectivity index (χ0v) is 19.5. The summed E-state index contributed by atoms with van der Waals surface area (Å²) in [5, 5.41) is 10.6. The molecule has 0 bridgehead atoms. The van der Waals surface area contributed by atoms with Crippen LogP contribution in [0.2, 0.25) is 0 Å². The van der Waals surface area contributed by atoms with Crippen molar-refractivity contribution < 1.29 is 14.6 Å². The van der Waals surface area contributed by atoms with Gasteiger partial charge in [0.05, 0.1) is 30.9 Å². The minimum atomic E-state index is -0.590. The van der Waals surface area contributed by atoms with Crippen LogP contribution in [0.4, 0.5) is 0 Å². The highest BCUT2D eigenvalue weighted by Gasteiger charge is 2.25. The second-order valence-corrected chi connectivity index (χ2v) is 8.66. The summed E-state index contributed by atoms with van der Waals surface area (Å²) in [4.78, 5) is 19.2. The summed E-state index contributed by atoms with van der Waals surface area (Å²) in [7, 11) is 1.64. The van der Waals surface area contributed by atoms with Gasteiger partial charge < -0.3 is 19.3 Å². The number of amides is 1. The number of hydrogen-bond donors (Lipinski definition) is 1. The number of aliphatic hydroxyl groups excluding tert-OH is 1. The van der Waals surface area contributed by atoms with Crippen molar-refractivity contribution in [2.45, 2.75) is 39.2 Å². The molecule has 172 valence electrons. The van der Waals surface area contributed by atoms with Crippen LogP contribution in [0.25, 0.3) is 11.8 Å². The topological polar surface area (TPSA) is 67.6 Å². The van der Waals surface area contributed by atoms with Crippen LogP contribution in [0.15, 0.2) is 60.6 Å². The minimum absolute atomic E-state index is 0.00152. The lowest BCUT2D eigenvalue weighted by Crippen LogP contribution is -2.42. The molecule has 1 aromatic heterocycles. The normalized spacial score (nSPS) is 16.3. The molecule has 0 aliphatic carbocycles. The molecule has 0 saturated carbocycles. The molecule has 1 aliphatic heterocycles. The van der Waals surface area contributed by atoms with Gasteiger partial charge in [0.2, 0.25) is 5.91 Å². The Morgan fingerprint density at radius 3 is 2.76 bits per heavy atom. The number of aromatic nitrogens is 2. The number of rotatable bonds is 7. The van der Waals surface area contributed by atoms with E-state index in [1.165, 1.54) is 0 Å². The number of nitrogens with zero attached hydrogens (tertiary/aromatic N) is 3. The number of β-amino-alcohol motifs (C(OH)–C–C–N with tert-alkyl or cyclic N) is 1. The Bertz CT molecular complexity index is 1160. The van der Waals surface area contributed by atoms with Crippen LogP contribution in [0, 0.1) is 13.8 Å². The molecule has 2 aromatic carbocycles. The van der Waals surface area contributed by atoms with E-state index in [2.05, 4.69) is 4.98 Å². The van der Waals surface area contributed by atoms with E-state index < -0.39 is 6.10 Å². The van der Waals surface area contributed by atoms with Crippen molar-refractivity contribution in [1.82, 2.24) is 14.5 Å². The summed E-state index contributed by atoms with van der Waals surface area (Å²) in [6.07, 6.45) is 7.21. The number of likely N-dealkylation sites (tertiary alicyclic amines) is 1. The SMILES string of the molecule is COc1cc(/C=C2\CCCN(C[C@@H](O)Cc3ccccc3C)C2=O)ccc1-n1cnc(C)c1. The number of aliphatic hydroxyl groups is 1. The predicted molar refractivity (Wildman–Crippen MR) is 130 cm³/mol. The van der Waals surface area contributed by atoms with Crippen LogP contribution in [0.1, 0.15) is 35.2 Å². The average Bonchev–Trinajstić information content (AvgIpc) is 3.24. The van der Waals surface area contributed by atoms with Gasteiger partial charge in [0, 0.05) is 31.3 Å². The van der Waals surface area contributed by atoms with Gasteiger partial charge in [-0.3, -0.25) is 4.79 Å². The third-order valence-electron chi connectivity index (χ3n) is 6.12. The van der Waals surface area contributed by atoms with Gasteiger partial charge in [-0.15, -0.1) is 0 Å². The smallest absolute Gasteiger partial charge is 0.249 e. The summed E-state index contributed by atoms with van der Waals surface area (Å²) >= 11 is 0. The molecule has 0 radical (unpaired) electrons. The summed E-state index contributed by atoms with van der Waals surface area (Å²) in [6.45, 7) is 5.00. The molecule has 2 heterocycles.